The molecular formula is C17H24N2. The topological polar surface area (TPSA) is 30.9 Å². The molecule has 0 radical (unpaired) electrons. The first-order valence-corrected chi connectivity index (χ1v) is 7.05. The quantitative estimate of drug-likeness (QED) is 0.873. The van der Waals surface area contributed by atoms with Gasteiger partial charge in [0.1, 0.15) is 0 Å². The summed E-state index contributed by atoms with van der Waals surface area (Å²) in [6.45, 7) is 7.39. The Balaban J connectivity index is 2.09. The van der Waals surface area contributed by atoms with Crippen molar-refractivity contribution < 1.29 is 0 Å². The van der Waals surface area contributed by atoms with Crippen molar-refractivity contribution in [2.45, 2.75) is 46.2 Å². The summed E-state index contributed by atoms with van der Waals surface area (Å²) in [5.74, 6) is 0. The molecule has 1 aromatic heterocycles. The largest absolute Gasteiger partial charge is 0.350 e. The number of hydrogen-bond acceptors (Lipinski definition) is 1. The van der Waals surface area contributed by atoms with Gasteiger partial charge >= 0.3 is 0 Å². The summed E-state index contributed by atoms with van der Waals surface area (Å²) in [5, 5.41) is 0. The van der Waals surface area contributed by atoms with Crippen molar-refractivity contribution in [3.8, 4) is 0 Å². The van der Waals surface area contributed by atoms with Crippen molar-refractivity contribution in [2.24, 2.45) is 5.73 Å². The summed E-state index contributed by atoms with van der Waals surface area (Å²) in [4.78, 5) is 0. The molecular weight excluding hydrogens is 232 g/mol. The highest BCUT2D eigenvalue weighted by atomic mass is 14.9. The summed E-state index contributed by atoms with van der Waals surface area (Å²) in [6, 6.07) is 9.09. The minimum absolute atomic E-state index is 0.275. The van der Waals surface area contributed by atoms with E-state index in [-0.39, 0.29) is 6.04 Å². The molecule has 0 saturated carbocycles. The van der Waals surface area contributed by atoms with Crippen molar-refractivity contribution in [3.63, 3.8) is 0 Å². The number of aryl methyl sites for hydroxylation is 2. The molecule has 2 aromatic rings. The summed E-state index contributed by atoms with van der Waals surface area (Å²) >= 11 is 0. The smallest absolute Gasteiger partial charge is 0.0473 e. The zero-order valence-corrected chi connectivity index (χ0v) is 12.2. The van der Waals surface area contributed by atoms with Crippen LogP contribution in [0.15, 0.2) is 36.7 Å². The van der Waals surface area contributed by atoms with Gasteiger partial charge in [-0.2, -0.15) is 0 Å². The van der Waals surface area contributed by atoms with E-state index in [4.69, 9.17) is 5.73 Å². The van der Waals surface area contributed by atoms with Gasteiger partial charge < -0.3 is 10.3 Å². The Hall–Kier alpha value is -1.54. The Labute approximate surface area is 116 Å². The molecule has 0 bridgehead atoms. The van der Waals surface area contributed by atoms with Crippen molar-refractivity contribution in [1.82, 2.24) is 4.57 Å². The molecule has 2 N–H and O–H groups in total. The van der Waals surface area contributed by atoms with Gasteiger partial charge in [-0.3, -0.25) is 0 Å². The van der Waals surface area contributed by atoms with Gasteiger partial charge in [-0.1, -0.05) is 30.7 Å². The molecule has 0 aliphatic rings. The summed E-state index contributed by atoms with van der Waals surface area (Å²) in [5.41, 5.74) is 11.4. The van der Waals surface area contributed by atoms with Crippen LogP contribution in [-0.2, 0) is 13.0 Å². The number of benzene rings is 1. The molecule has 0 fully saturated rings. The van der Waals surface area contributed by atoms with Crippen molar-refractivity contribution in [3.05, 3.63) is 58.9 Å². The Kier molecular flexibility index (Phi) is 4.43. The molecule has 0 saturated heterocycles. The van der Waals surface area contributed by atoms with E-state index in [1.807, 2.05) is 0 Å². The predicted molar refractivity (Wildman–Crippen MR) is 81.4 cm³/mol. The minimum Gasteiger partial charge on any atom is -0.350 e. The maximum atomic E-state index is 6.00. The maximum absolute atomic E-state index is 6.00. The molecule has 102 valence electrons. The Bertz CT molecular complexity index is 540. The molecule has 0 amide bonds. The van der Waals surface area contributed by atoms with E-state index < -0.39 is 0 Å². The van der Waals surface area contributed by atoms with Gasteiger partial charge in [0.15, 0.2) is 0 Å². The van der Waals surface area contributed by atoms with Crippen LogP contribution in [0.5, 0.6) is 0 Å². The van der Waals surface area contributed by atoms with Gasteiger partial charge in [-0.15, -0.1) is 0 Å². The lowest BCUT2D eigenvalue weighted by Crippen LogP contribution is -2.21. The van der Waals surface area contributed by atoms with E-state index in [9.17, 15) is 0 Å². The summed E-state index contributed by atoms with van der Waals surface area (Å²) < 4.78 is 2.25. The van der Waals surface area contributed by atoms with Crippen LogP contribution in [0.1, 0.15) is 35.6 Å². The second-order valence-electron chi connectivity index (χ2n) is 5.49. The van der Waals surface area contributed by atoms with Gasteiger partial charge in [0.05, 0.1) is 0 Å². The fraction of sp³-hybridized carbons (Fsp3) is 0.412. The Morgan fingerprint density at radius 1 is 1.21 bits per heavy atom. The molecule has 0 spiro atoms. The minimum atomic E-state index is 0.275. The first-order valence-electron chi connectivity index (χ1n) is 7.05. The molecule has 0 aliphatic heterocycles. The van der Waals surface area contributed by atoms with Crippen LogP contribution < -0.4 is 5.73 Å². The fourth-order valence-corrected chi connectivity index (χ4v) is 2.32. The van der Waals surface area contributed by atoms with Gasteiger partial charge in [0, 0.05) is 25.0 Å². The first-order chi connectivity index (χ1) is 9.08. The zero-order valence-electron chi connectivity index (χ0n) is 12.2. The Morgan fingerprint density at radius 3 is 2.74 bits per heavy atom. The van der Waals surface area contributed by atoms with E-state index in [0.717, 1.165) is 19.4 Å². The summed E-state index contributed by atoms with van der Waals surface area (Å²) in [6.07, 6.45) is 6.37. The van der Waals surface area contributed by atoms with E-state index >= 15 is 0 Å². The first kappa shape index (κ1) is 13.9. The highest BCUT2D eigenvalue weighted by molar-refractivity contribution is 5.31. The lowest BCUT2D eigenvalue weighted by molar-refractivity contribution is 0.645. The highest BCUT2D eigenvalue weighted by Gasteiger charge is 2.04. The van der Waals surface area contributed by atoms with Crippen LogP contribution in [0, 0.1) is 13.8 Å². The number of rotatable bonds is 5. The molecule has 19 heavy (non-hydrogen) atoms. The van der Waals surface area contributed by atoms with E-state index in [1.54, 1.807) is 0 Å². The van der Waals surface area contributed by atoms with E-state index in [0.29, 0.717) is 0 Å². The highest BCUT2D eigenvalue weighted by Crippen LogP contribution is 2.14. The number of nitrogens with zero attached hydrogens (tertiary/aromatic N) is 1. The van der Waals surface area contributed by atoms with Gasteiger partial charge in [-0.25, -0.2) is 0 Å². The van der Waals surface area contributed by atoms with Crippen molar-refractivity contribution in [2.75, 3.05) is 0 Å². The lowest BCUT2D eigenvalue weighted by Gasteiger charge is -2.09. The molecule has 1 aromatic carbocycles. The second kappa shape index (κ2) is 6.07. The summed E-state index contributed by atoms with van der Waals surface area (Å²) in [7, 11) is 0. The van der Waals surface area contributed by atoms with Crippen molar-refractivity contribution in [1.29, 1.82) is 0 Å². The van der Waals surface area contributed by atoms with Crippen LogP contribution in [0.2, 0.25) is 0 Å². The van der Waals surface area contributed by atoms with Gasteiger partial charge in [-0.05, 0) is 49.4 Å². The maximum Gasteiger partial charge on any atom is 0.0473 e. The number of hydrogen-bond donors (Lipinski definition) is 1. The molecule has 1 unspecified atom stereocenters. The third kappa shape index (κ3) is 3.71. The number of nitrogens with two attached hydrogens (primary N) is 1. The zero-order chi connectivity index (χ0) is 13.8. The molecule has 1 heterocycles. The average Bonchev–Trinajstić information content (AvgIpc) is 2.81. The van der Waals surface area contributed by atoms with E-state index in [2.05, 4.69) is 62.0 Å². The third-order valence-corrected chi connectivity index (χ3v) is 3.69. The van der Waals surface area contributed by atoms with Crippen LogP contribution in [-0.4, -0.2) is 10.6 Å². The van der Waals surface area contributed by atoms with Gasteiger partial charge in [0.2, 0.25) is 0 Å². The van der Waals surface area contributed by atoms with Crippen LogP contribution in [0.3, 0.4) is 0 Å². The van der Waals surface area contributed by atoms with Crippen LogP contribution >= 0.6 is 0 Å². The Morgan fingerprint density at radius 2 is 2.00 bits per heavy atom. The molecule has 1 atom stereocenters. The fourth-order valence-electron chi connectivity index (χ4n) is 2.32. The van der Waals surface area contributed by atoms with E-state index in [1.165, 1.54) is 22.3 Å². The van der Waals surface area contributed by atoms with Crippen molar-refractivity contribution >= 4 is 0 Å². The predicted octanol–water partition coefficient (Wildman–Crippen LogP) is 3.43. The van der Waals surface area contributed by atoms with Crippen LogP contribution in [0.4, 0.5) is 0 Å². The van der Waals surface area contributed by atoms with Gasteiger partial charge in [0.25, 0.3) is 0 Å². The monoisotopic (exact) mass is 256 g/mol. The molecule has 2 heteroatoms. The lowest BCUT2D eigenvalue weighted by atomic mass is 10.1. The molecule has 2 nitrogen and oxygen atoms in total. The SMILES string of the molecule is CCC(N)Cc1ccn(Cc2cc(C)ccc2C)c1. The number of aromatic nitrogens is 1. The third-order valence-electron chi connectivity index (χ3n) is 3.69. The molecule has 0 aliphatic carbocycles. The van der Waals surface area contributed by atoms with Crippen LogP contribution in [0.25, 0.3) is 0 Å². The second-order valence-corrected chi connectivity index (χ2v) is 5.49. The normalized spacial score (nSPS) is 12.6. The average molecular weight is 256 g/mol. The molecule has 2 rings (SSSR count). The standard InChI is InChI=1S/C17H24N2/c1-4-17(18)10-15-7-8-19(11-15)12-16-9-13(2)5-6-14(16)3/h5-9,11,17H,4,10,12,18H2,1-3H3.